The average Bonchev–Trinajstić information content (AvgIpc) is 2.17. The quantitative estimate of drug-likeness (QED) is 0.684. The van der Waals surface area contributed by atoms with E-state index < -0.39 is 25.1 Å². The lowest BCUT2D eigenvalue weighted by atomic mass is 10.2. The third kappa shape index (κ3) is 3.73. The zero-order chi connectivity index (χ0) is 12.2. The van der Waals surface area contributed by atoms with E-state index in [1.807, 2.05) is 6.07 Å². The molecule has 0 aliphatic carbocycles. The maximum absolute atomic E-state index is 11.7. The van der Waals surface area contributed by atoms with E-state index in [-0.39, 0.29) is 37.3 Å². The van der Waals surface area contributed by atoms with E-state index in [2.05, 4.69) is 4.72 Å². The van der Waals surface area contributed by atoms with E-state index in [4.69, 9.17) is 5.26 Å². The molecule has 16 heavy (non-hydrogen) atoms. The van der Waals surface area contributed by atoms with Crippen LogP contribution in [0.25, 0.3) is 0 Å². The van der Waals surface area contributed by atoms with Gasteiger partial charge in [-0.15, -0.1) is 0 Å². The summed E-state index contributed by atoms with van der Waals surface area (Å²) in [4.78, 5) is 0. The monoisotopic (exact) mass is 266 g/mol. The first-order chi connectivity index (χ1) is 7.37. The molecule has 0 radical (unpaired) electrons. The number of hydrogen-bond acceptors (Lipinski definition) is 5. The van der Waals surface area contributed by atoms with Crippen LogP contribution in [0.1, 0.15) is 19.3 Å². The summed E-state index contributed by atoms with van der Waals surface area (Å²) in [7, 11) is -6.52. The predicted molar refractivity (Wildman–Crippen MR) is 58.8 cm³/mol. The molecule has 0 unspecified atom stereocenters. The standard InChI is InChI=1S/C8H14N2O4S2/c9-4-1-5-10-16(13,14)8-2-6-15(11,12)7-3-8/h8,10H,1-3,5-7H2. The molecule has 0 aromatic rings. The molecule has 6 nitrogen and oxygen atoms in total. The maximum atomic E-state index is 11.7. The van der Waals surface area contributed by atoms with Gasteiger partial charge in [0.05, 0.1) is 22.8 Å². The Balaban J connectivity index is 2.56. The van der Waals surface area contributed by atoms with Gasteiger partial charge < -0.3 is 0 Å². The largest absolute Gasteiger partial charge is 0.229 e. The van der Waals surface area contributed by atoms with E-state index in [0.29, 0.717) is 0 Å². The van der Waals surface area contributed by atoms with Crippen molar-refractivity contribution in [2.24, 2.45) is 0 Å². The number of sulfonamides is 1. The normalized spacial score (nSPS) is 21.4. The van der Waals surface area contributed by atoms with Crippen LogP contribution in [0.3, 0.4) is 0 Å². The lowest BCUT2D eigenvalue weighted by molar-refractivity contribution is 0.543. The van der Waals surface area contributed by atoms with Gasteiger partial charge in [-0.05, 0) is 12.8 Å². The predicted octanol–water partition coefficient (Wildman–Crippen LogP) is -0.603. The van der Waals surface area contributed by atoms with Crippen LogP contribution >= 0.6 is 0 Å². The molecule has 1 aliphatic rings. The summed E-state index contributed by atoms with van der Waals surface area (Å²) in [6, 6.07) is 1.83. The Kier molecular flexibility index (Phi) is 4.29. The van der Waals surface area contributed by atoms with Gasteiger partial charge in [0, 0.05) is 13.0 Å². The second-order valence-corrected chi connectivity index (χ2v) is 8.05. The van der Waals surface area contributed by atoms with Gasteiger partial charge in [0.2, 0.25) is 10.0 Å². The van der Waals surface area contributed by atoms with Crippen molar-refractivity contribution in [2.45, 2.75) is 24.5 Å². The Morgan fingerprint density at radius 2 is 1.88 bits per heavy atom. The Morgan fingerprint density at radius 1 is 1.31 bits per heavy atom. The van der Waals surface area contributed by atoms with E-state index in [1.165, 1.54) is 0 Å². The Bertz CT molecular complexity index is 461. The van der Waals surface area contributed by atoms with Gasteiger partial charge in [-0.1, -0.05) is 0 Å². The average molecular weight is 266 g/mol. The summed E-state index contributed by atoms with van der Waals surface area (Å²) in [6.07, 6.45) is 0.401. The third-order valence-electron chi connectivity index (χ3n) is 2.48. The van der Waals surface area contributed by atoms with Gasteiger partial charge in [-0.25, -0.2) is 21.6 Å². The van der Waals surface area contributed by atoms with Crippen molar-refractivity contribution in [3.05, 3.63) is 0 Å². The van der Waals surface area contributed by atoms with Crippen molar-refractivity contribution >= 4 is 19.9 Å². The van der Waals surface area contributed by atoms with Gasteiger partial charge in [0.15, 0.2) is 0 Å². The molecule has 0 bridgehead atoms. The number of nitrogens with zero attached hydrogens (tertiary/aromatic N) is 1. The van der Waals surface area contributed by atoms with Crippen LogP contribution in [0.4, 0.5) is 0 Å². The summed E-state index contributed by atoms with van der Waals surface area (Å²) < 4.78 is 47.9. The molecule has 1 saturated heterocycles. The Hall–Kier alpha value is -0.650. The van der Waals surface area contributed by atoms with Crippen molar-refractivity contribution in [2.75, 3.05) is 18.1 Å². The minimum atomic E-state index is -3.47. The fraction of sp³-hybridized carbons (Fsp3) is 0.875. The molecule has 0 saturated carbocycles. The Labute approximate surface area is 95.6 Å². The smallest absolute Gasteiger partial charge is 0.214 e. The van der Waals surface area contributed by atoms with Crippen LogP contribution in [-0.4, -0.2) is 40.1 Å². The van der Waals surface area contributed by atoms with Gasteiger partial charge in [0.1, 0.15) is 9.84 Å². The van der Waals surface area contributed by atoms with Crippen molar-refractivity contribution in [3.63, 3.8) is 0 Å². The minimum absolute atomic E-state index is 0.0726. The van der Waals surface area contributed by atoms with Crippen molar-refractivity contribution < 1.29 is 16.8 Å². The molecule has 1 aliphatic heterocycles. The molecule has 0 amide bonds. The van der Waals surface area contributed by atoms with Gasteiger partial charge >= 0.3 is 0 Å². The SMILES string of the molecule is N#CCCNS(=O)(=O)C1CCS(=O)(=O)CC1. The number of hydrogen-bond donors (Lipinski definition) is 1. The first-order valence-corrected chi connectivity index (χ1v) is 8.30. The molecule has 1 N–H and O–H groups in total. The summed E-state index contributed by atoms with van der Waals surface area (Å²) in [5.74, 6) is -0.145. The van der Waals surface area contributed by atoms with Crippen LogP contribution in [0.2, 0.25) is 0 Å². The Morgan fingerprint density at radius 3 is 2.38 bits per heavy atom. The highest BCUT2D eigenvalue weighted by molar-refractivity contribution is 7.92. The molecule has 0 aromatic heterocycles. The van der Waals surface area contributed by atoms with Gasteiger partial charge in [-0.3, -0.25) is 0 Å². The molecular formula is C8H14N2O4S2. The molecule has 0 spiro atoms. The molecule has 1 heterocycles. The number of sulfone groups is 1. The minimum Gasteiger partial charge on any atom is -0.229 e. The van der Waals surface area contributed by atoms with E-state index in [1.54, 1.807) is 0 Å². The van der Waals surface area contributed by atoms with Crippen molar-refractivity contribution in [1.82, 2.24) is 4.72 Å². The molecule has 0 aromatic carbocycles. The van der Waals surface area contributed by atoms with Crippen LogP contribution in [0, 0.1) is 11.3 Å². The lowest BCUT2D eigenvalue weighted by Gasteiger charge is -2.21. The third-order valence-corrected chi connectivity index (χ3v) is 6.15. The maximum Gasteiger partial charge on any atom is 0.214 e. The van der Waals surface area contributed by atoms with E-state index in [9.17, 15) is 16.8 Å². The van der Waals surface area contributed by atoms with E-state index >= 15 is 0 Å². The first kappa shape index (κ1) is 13.4. The second-order valence-electron chi connectivity index (χ2n) is 3.70. The summed E-state index contributed by atoms with van der Waals surface area (Å²) in [5, 5.41) is 7.63. The number of nitrogens with one attached hydrogen (secondary N) is 1. The highest BCUT2D eigenvalue weighted by atomic mass is 32.2. The summed E-state index contributed by atoms with van der Waals surface area (Å²) >= 11 is 0. The molecule has 1 fully saturated rings. The number of nitriles is 1. The second kappa shape index (κ2) is 5.12. The van der Waals surface area contributed by atoms with Crippen LogP contribution in [0.15, 0.2) is 0 Å². The summed E-state index contributed by atoms with van der Waals surface area (Å²) in [6.45, 7) is 0.0854. The first-order valence-electron chi connectivity index (χ1n) is 4.93. The zero-order valence-corrected chi connectivity index (χ0v) is 10.3. The van der Waals surface area contributed by atoms with Gasteiger partial charge in [-0.2, -0.15) is 5.26 Å². The zero-order valence-electron chi connectivity index (χ0n) is 8.72. The highest BCUT2D eigenvalue weighted by Gasteiger charge is 2.32. The molecule has 1 rings (SSSR count). The molecule has 0 atom stereocenters. The summed E-state index contributed by atoms with van der Waals surface area (Å²) in [5.41, 5.74) is 0. The molecule has 8 heteroatoms. The molecule has 92 valence electrons. The fourth-order valence-electron chi connectivity index (χ4n) is 1.55. The van der Waals surface area contributed by atoms with E-state index in [0.717, 1.165) is 0 Å². The fourth-order valence-corrected chi connectivity index (χ4v) is 4.81. The van der Waals surface area contributed by atoms with Crippen LogP contribution in [0.5, 0.6) is 0 Å². The highest BCUT2D eigenvalue weighted by Crippen LogP contribution is 2.18. The van der Waals surface area contributed by atoms with Crippen molar-refractivity contribution in [3.8, 4) is 6.07 Å². The van der Waals surface area contributed by atoms with Gasteiger partial charge in [0.25, 0.3) is 0 Å². The topological polar surface area (TPSA) is 104 Å². The lowest BCUT2D eigenvalue weighted by Crippen LogP contribution is -2.40. The van der Waals surface area contributed by atoms with Crippen LogP contribution in [-0.2, 0) is 19.9 Å². The molecular weight excluding hydrogens is 252 g/mol. The number of rotatable bonds is 4. The van der Waals surface area contributed by atoms with Crippen molar-refractivity contribution in [1.29, 1.82) is 5.26 Å². The van der Waals surface area contributed by atoms with Crippen LogP contribution < -0.4 is 4.72 Å².